The molecule has 6 heteroatoms. The Kier molecular flexibility index (Phi) is 2.31. The summed E-state index contributed by atoms with van der Waals surface area (Å²) in [5.41, 5.74) is 9.14. The SMILES string of the molecule is NC1=C(C(=O)O)C=CC(N)(C(=O)O)C1. The van der Waals surface area contributed by atoms with E-state index in [9.17, 15) is 9.59 Å². The molecule has 1 atom stereocenters. The van der Waals surface area contributed by atoms with Crippen molar-refractivity contribution in [1.29, 1.82) is 0 Å². The lowest BCUT2D eigenvalue weighted by molar-refractivity contribution is -0.141. The van der Waals surface area contributed by atoms with Crippen LogP contribution in [0.5, 0.6) is 0 Å². The lowest BCUT2D eigenvalue weighted by atomic mass is 9.87. The summed E-state index contributed by atoms with van der Waals surface area (Å²) < 4.78 is 0. The fourth-order valence-corrected chi connectivity index (χ4v) is 1.16. The standard InChI is InChI=1S/C8H10N2O4/c9-5-3-8(10,7(13)14)2-1-4(5)6(11)12/h1-2H,3,9-10H2,(H,11,12)(H,13,14). The second-order valence-electron chi connectivity index (χ2n) is 3.10. The monoisotopic (exact) mass is 198 g/mol. The zero-order chi connectivity index (χ0) is 10.9. The van der Waals surface area contributed by atoms with Gasteiger partial charge in [-0.1, -0.05) is 6.08 Å². The fourth-order valence-electron chi connectivity index (χ4n) is 1.16. The van der Waals surface area contributed by atoms with Crippen molar-refractivity contribution < 1.29 is 19.8 Å². The molecule has 0 fully saturated rings. The number of hydrogen-bond acceptors (Lipinski definition) is 4. The molecular weight excluding hydrogens is 188 g/mol. The topological polar surface area (TPSA) is 127 Å². The predicted octanol–water partition coefficient (Wildman–Crippen LogP) is -0.974. The highest BCUT2D eigenvalue weighted by molar-refractivity contribution is 5.93. The highest BCUT2D eigenvalue weighted by Crippen LogP contribution is 2.22. The van der Waals surface area contributed by atoms with Gasteiger partial charge in [0.15, 0.2) is 0 Å². The first-order valence-corrected chi connectivity index (χ1v) is 3.80. The number of rotatable bonds is 2. The van der Waals surface area contributed by atoms with Crippen molar-refractivity contribution in [2.45, 2.75) is 12.0 Å². The quantitative estimate of drug-likeness (QED) is 0.452. The zero-order valence-electron chi connectivity index (χ0n) is 7.23. The van der Waals surface area contributed by atoms with Gasteiger partial charge in [-0.3, -0.25) is 0 Å². The average molecular weight is 198 g/mol. The van der Waals surface area contributed by atoms with E-state index < -0.39 is 17.5 Å². The third-order valence-electron chi connectivity index (χ3n) is 2.00. The van der Waals surface area contributed by atoms with E-state index in [-0.39, 0.29) is 17.7 Å². The summed E-state index contributed by atoms with van der Waals surface area (Å²) >= 11 is 0. The second kappa shape index (κ2) is 3.15. The van der Waals surface area contributed by atoms with Gasteiger partial charge >= 0.3 is 11.9 Å². The molecule has 0 aliphatic heterocycles. The normalized spacial score (nSPS) is 26.4. The summed E-state index contributed by atoms with van der Waals surface area (Å²) in [6, 6.07) is 0. The van der Waals surface area contributed by atoms with Gasteiger partial charge in [-0.25, -0.2) is 9.59 Å². The van der Waals surface area contributed by atoms with Gasteiger partial charge in [0, 0.05) is 12.1 Å². The van der Waals surface area contributed by atoms with Crippen LogP contribution in [0.3, 0.4) is 0 Å². The van der Waals surface area contributed by atoms with E-state index in [0.717, 1.165) is 12.2 Å². The van der Waals surface area contributed by atoms with Crippen LogP contribution in [-0.4, -0.2) is 27.7 Å². The number of nitrogens with two attached hydrogens (primary N) is 2. The third-order valence-corrected chi connectivity index (χ3v) is 2.00. The van der Waals surface area contributed by atoms with E-state index >= 15 is 0 Å². The number of carbonyl (C=O) groups is 2. The molecule has 0 heterocycles. The molecule has 0 aromatic heterocycles. The highest BCUT2D eigenvalue weighted by Gasteiger charge is 2.35. The molecular formula is C8H10N2O4. The Hall–Kier alpha value is -1.82. The Morgan fingerprint density at radius 3 is 2.36 bits per heavy atom. The van der Waals surface area contributed by atoms with E-state index in [4.69, 9.17) is 21.7 Å². The van der Waals surface area contributed by atoms with Gasteiger partial charge < -0.3 is 21.7 Å². The number of hydrogen-bond donors (Lipinski definition) is 4. The Labute approximate surface area is 79.5 Å². The van der Waals surface area contributed by atoms with Crippen LogP contribution in [0.4, 0.5) is 0 Å². The van der Waals surface area contributed by atoms with Gasteiger partial charge in [-0.05, 0) is 6.08 Å². The maximum absolute atomic E-state index is 10.7. The number of aliphatic carboxylic acids is 2. The van der Waals surface area contributed by atoms with E-state index in [1.165, 1.54) is 0 Å². The van der Waals surface area contributed by atoms with Crippen molar-refractivity contribution >= 4 is 11.9 Å². The van der Waals surface area contributed by atoms with Gasteiger partial charge in [0.05, 0.1) is 5.57 Å². The molecule has 1 aliphatic rings. The smallest absolute Gasteiger partial charge is 0.337 e. The van der Waals surface area contributed by atoms with Crippen molar-refractivity contribution in [3.05, 3.63) is 23.4 Å². The maximum atomic E-state index is 10.7. The third kappa shape index (κ3) is 1.60. The Balaban J connectivity index is 3.02. The summed E-state index contributed by atoms with van der Waals surface area (Å²) in [4.78, 5) is 21.3. The molecule has 0 radical (unpaired) electrons. The molecule has 0 saturated heterocycles. The molecule has 0 bridgehead atoms. The van der Waals surface area contributed by atoms with Crippen LogP contribution < -0.4 is 11.5 Å². The molecule has 0 amide bonds. The van der Waals surface area contributed by atoms with Crippen LogP contribution in [0.15, 0.2) is 23.4 Å². The Morgan fingerprint density at radius 1 is 1.43 bits per heavy atom. The molecule has 0 aromatic rings. The molecule has 14 heavy (non-hydrogen) atoms. The largest absolute Gasteiger partial charge is 0.480 e. The molecule has 0 spiro atoms. The van der Waals surface area contributed by atoms with Crippen molar-refractivity contribution in [3.8, 4) is 0 Å². The maximum Gasteiger partial charge on any atom is 0.337 e. The number of carboxylic acid groups (broad SMARTS) is 2. The minimum atomic E-state index is -1.59. The van der Waals surface area contributed by atoms with E-state index in [1.807, 2.05) is 0 Å². The van der Waals surface area contributed by atoms with Crippen molar-refractivity contribution in [2.24, 2.45) is 11.5 Å². The molecule has 0 saturated carbocycles. The summed E-state index contributed by atoms with van der Waals surface area (Å²) in [6.45, 7) is 0. The summed E-state index contributed by atoms with van der Waals surface area (Å²) in [5.74, 6) is -2.42. The van der Waals surface area contributed by atoms with Gasteiger partial charge in [0.25, 0.3) is 0 Å². The summed E-state index contributed by atoms with van der Waals surface area (Å²) in [6.07, 6.45) is 2.06. The molecule has 1 unspecified atom stereocenters. The average Bonchev–Trinajstić information content (AvgIpc) is 2.02. The molecule has 1 aliphatic carbocycles. The Bertz CT molecular complexity index is 358. The van der Waals surface area contributed by atoms with E-state index in [2.05, 4.69) is 0 Å². The minimum Gasteiger partial charge on any atom is -0.480 e. The fraction of sp³-hybridized carbons (Fsp3) is 0.250. The van der Waals surface area contributed by atoms with Gasteiger partial charge in [0.1, 0.15) is 5.54 Å². The minimum absolute atomic E-state index is 0.0232. The van der Waals surface area contributed by atoms with Gasteiger partial charge in [-0.15, -0.1) is 0 Å². The van der Waals surface area contributed by atoms with Crippen molar-refractivity contribution in [2.75, 3.05) is 0 Å². The molecule has 6 N–H and O–H groups in total. The van der Waals surface area contributed by atoms with Crippen LogP contribution >= 0.6 is 0 Å². The highest BCUT2D eigenvalue weighted by atomic mass is 16.4. The molecule has 0 aromatic carbocycles. The molecule has 1 rings (SSSR count). The second-order valence-corrected chi connectivity index (χ2v) is 3.10. The van der Waals surface area contributed by atoms with E-state index in [1.54, 1.807) is 0 Å². The first kappa shape index (κ1) is 10.3. The lowest BCUT2D eigenvalue weighted by Crippen LogP contribution is -2.48. The molecule has 6 nitrogen and oxygen atoms in total. The Morgan fingerprint density at radius 2 is 2.00 bits per heavy atom. The summed E-state index contributed by atoms with van der Waals surface area (Å²) in [5, 5.41) is 17.4. The first-order valence-electron chi connectivity index (χ1n) is 3.80. The number of carboxylic acids is 2. The first-order chi connectivity index (χ1) is 6.37. The summed E-state index contributed by atoms with van der Waals surface area (Å²) in [7, 11) is 0. The van der Waals surface area contributed by atoms with Crippen molar-refractivity contribution in [1.82, 2.24) is 0 Å². The van der Waals surface area contributed by atoms with Gasteiger partial charge in [0.2, 0.25) is 0 Å². The van der Waals surface area contributed by atoms with Crippen LogP contribution in [-0.2, 0) is 9.59 Å². The van der Waals surface area contributed by atoms with E-state index in [0.29, 0.717) is 0 Å². The van der Waals surface area contributed by atoms with Crippen molar-refractivity contribution in [3.63, 3.8) is 0 Å². The van der Waals surface area contributed by atoms with Crippen LogP contribution in [0, 0.1) is 0 Å². The van der Waals surface area contributed by atoms with Crippen LogP contribution in [0.2, 0.25) is 0 Å². The van der Waals surface area contributed by atoms with Gasteiger partial charge in [-0.2, -0.15) is 0 Å². The predicted molar refractivity (Wildman–Crippen MR) is 47.2 cm³/mol. The zero-order valence-corrected chi connectivity index (χ0v) is 7.23. The lowest BCUT2D eigenvalue weighted by Gasteiger charge is -2.24. The molecule has 76 valence electrons. The van der Waals surface area contributed by atoms with Crippen LogP contribution in [0.25, 0.3) is 0 Å². The van der Waals surface area contributed by atoms with Crippen LogP contribution in [0.1, 0.15) is 6.42 Å².